The Labute approximate surface area is 205 Å². The van der Waals surface area contributed by atoms with Crippen LogP contribution in [0.4, 0.5) is 0 Å². The number of hydrogen-bond acceptors (Lipinski definition) is 0. The van der Waals surface area contributed by atoms with Gasteiger partial charge in [-0.15, -0.1) is 0 Å². The average Bonchev–Trinajstić information content (AvgIpc) is 2.97. The zero-order chi connectivity index (χ0) is 24.0. The van der Waals surface area contributed by atoms with Gasteiger partial charge in [0.15, 0.2) is 0 Å². The summed E-state index contributed by atoms with van der Waals surface area (Å²) < 4.78 is 1.79. The second-order valence-electron chi connectivity index (χ2n) is 11.0. The van der Waals surface area contributed by atoms with Crippen molar-refractivity contribution in [3.05, 3.63) is 111 Å². The first kappa shape index (κ1) is 24.2. The summed E-state index contributed by atoms with van der Waals surface area (Å²) in [5, 5.41) is 12.3. The molecule has 0 radical (unpaired) electrons. The summed E-state index contributed by atoms with van der Waals surface area (Å²) in [6, 6.07) is 32.5. The minimum absolute atomic E-state index is 0.00260. The second kappa shape index (κ2) is 8.69. The fourth-order valence-corrected chi connectivity index (χ4v) is 19.9. The summed E-state index contributed by atoms with van der Waals surface area (Å²) in [6.45, 7) is 12.0. The molecule has 3 aromatic rings. The van der Waals surface area contributed by atoms with Crippen molar-refractivity contribution in [1.29, 1.82) is 0 Å². The van der Waals surface area contributed by atoms with Crippen molar-refractivity contribution in [3.8, 4) is 0 Å². The van der Waals surface area contributed by atoms with Crippen molar-refractivity contribution in [2.45, 2.75) is 55.3 Å². The van der Waals surface area contributed by atoms with Gasteiger partial charge < -0.3 is 0 Å². The van der Waals surface area contributed by atoms with Gasteiger partial charge in [-0.3, -0.25) is 0 Å². The Morgan fingerprint density at radius 1 is 0.576 bits per heavy atom. The first-order chi connectivity index (χ1) is 15.6. The molecule has 1 aliphatic rings. The molecule has 170 valence electrons. The van der Waals surface area contributed by atoms with Gasteiger partial charge >= 0.3 is 207 Å². The van der Waals surface area contributed by atoms with Gasteiger partial charge in [0, 0.05) is 0 Å². The van der Waals surface area contributed by atoms with Crippen LogP contribution in [0.25, 0.3) is 0 Å². The van der Waals surface area contributed by atoms with E-state index >= 15 is 0 Å². The molecule has 0 aromatic heterocycles. The number of hydrogen-bond donors (Lipinski definition) is 0. The molecular formula is C31H38SiTi. The van der Waals surface area contributed by atoms with Crippen LogP contribution in [-0.4, -0.2) is 8.07 Å². The van der Waals surface area contributed by atoms with Crippen molar-refractivity contribution < 1.29 is 16.6 Å². The van der Waals surface area contributed by atoms with Crippen molar-refractivity contribution in [2.24, 2.45) is 0 Å². The van der Waals surface area contributed by atoms with Crippen molar-refractivity contribution in [2.75, 3.05) is 0 Å². The van der Waals surface area contributed by atoms with E-state index < -0.39 is 24.7 Å². The van der Waals surface area contributed by atoms with Gasteiger partial charge in [-0.2, -0.15) is 0 Å². The molecule has 0 aliphatic heterocycles. The fourth-order valence-electron chi connectivity index (χ4n) is 6.73. The minimum atomic E-state index is -2.53. The molecule has 2 heteroatoms. The molecule has 3 aromatic carbocycles. The molecule has 0 fully saturated rings. The van der Waals surface area contributed by atoms with Crippen LogP contribution in [0.1, 0.15) is 33.3 Å². The Hall–Kier alpha value is -1.93. The first-order valence-corrected chi connectivity index (χ1v) is 19.6. The Morgan fingerprint density at radius 3 is 1.42 bits per heavy atom. The molecule has 0 N–H and O–H groups in total. The molecule has 1 aliphatic carbocycles. The van der Waals surface area contributed by atoms with E-state index in [0.29, 0.717) is 0 Å². The summed E-state index contributed by atoms with van der Waals surface area (Å²) in [5.74, 6) is 0. The normalized spacial score (nSPS) is 19.4. The van der Waals surface area contributed by atoms with E-state index in [4.69, 9.17) is 0 Å². The number of rotatable bonds is 5. The Bertz CT molecular complexity index is 1170. The molecule has 0 nitrogen and oxygen atoms in total. The van der Waals surface area contributed by atoms with E-state index in [1.807, 2.05) is 0 Å². The SMILES string of the molecule is CC1=C(C)C(C)([Si](c2ccccc2)(c2ccccc2)c2ccc(C)cc2)[C]([Ti]([CH3])([CH3])[CH3])=C1C. The third-order valence-electron chi connectivity index (χ3n) is 8.15. The molecule has 0 heterocycles. The maximum atomic E-state index is 2.61. The van der Waals surface area contributed by atoms with Gasteiger partial charge in [0.25, 0.3) is 0 Å². The summed E-state index contributed by atoms with van der Waals surface area (Å²) in [5.41, 5.74) is 5.99. The fraction of sp³-hybridized carbons (Fsp3) is 0.290. The van der Waals surface area contributed by atoms with E-state index in [1.165, 1.54) is 26.7 Å². The average molecular weight is 487 g/mol. The first-order valence-electron chi connectivity index (χ1n) is 12.1. The summed E-state index contributed by atoms with van der Waals surface area (Å²) in [6.07, 6.45) is 0. The van der Waals surface area contributed by atoms with E-state index in [2.05, 4.69) is 135 Å². The Kier molecular flexibility index (Phi) is 6.38. The predicted molar refractivity (Wildman–Crippen MR) is 146 cm³/mol. The van der Waals surface area contributed by atoms with Gasteiger partial charge in [-0.1, -0.05) is 0 Å². The molecule has 33 heavy (non-hydrogen) atoms. The summed E-state index contributed by atoms with van der Waals surface area (Å²) in [7, 11) is -2.53. The molecule has 4 rings (SSSR count). The molecule has 0 spiro atoms. The van der Waals surface area contributed by atoms with Crippen LogP contribution in [0.3, 0.4) is 0 Å². The zero-order valence-corrected chi connectivity index (χ0v) is 24.1. The van der Waals surface area contributed by atoms with Crippen molar-refractivity contribution in [1.82, 2.24) is 0 Å². The van der Waals surface area contributed by atoms with Gasteiger partial charge in [0.1, 0.15) is 0 Å². The second-order valence-corrected chi connectivity index (χ2v) is 23.0. The number of benzene rings is 3. The number of aryl methyl sites for hydroxylation is 1. The molecular weight excluding hydrogens is 448 g/mol. The molecule has 0 amide bonds. The predicted octanol–water partition coefficient (Wildman–Crippen LogP) is 7.15. The van der Waals surface area contributed by atoms with Crippen LogP contribution < -0.4 is 15.6 Å². The van der Waals surface area contributed by atoms with Gasteiger partial charge in [-0.05, 0) is 0 Å². The van der Waals surface area contributed by atoms with Crippen LogP contribution >= 0.6 is 0 Å². The monoisotopic (exact) mass is 486 g/mol. The van der Waals surface area contributed by atoms with Crippen LogP contribution in [0.2, 0.25) is 20.7 Å². The van der Waals surface area contributed by atoms with Crippen LogP contribution in [0.15, 0.2) is 106 Å². The van der Waals surface area contributed by atoms with E-state index in [1.54, 1.807) is 15.0 Å². The standard InChI is InChI=1S/C28H29Si.3CH3.Ti/c1-21-16-18-27(19-17-21)29(25-12-8-6-9-13-25,26-14-10-7-11-15-26)28(5)20-22(2)23(3)24(28)4;;;;/h6-19H,1-5H3;3*1H3;. The molecule has 1 unspecified atom stereocenters. The van der Waals surface area contributed by atoms with Crippen LogP contribution in [0.5, 0.6) is 0 Å². The third-order valence-corrected chi connectivity index (χ3v) is 18.0. The Morgan fingerprint density at radius 2 is 1.00 bits per heavy atom. The topological polar surface area (TPSA) is 0 Å². The molecule has 0 saturated heterocycles. The third kappa shape index (κ3) is 3.61. The quantitative estimate of drug-likeness (QED) is 0.265. The maximum absolute atomic E-state index is 2.61. The Balaban J connectivity index is 2.26. The van der Waals surface area contributed by atoms with Crippen molar-refractivity contribution >= 4 is 23.6 Å². The van der Waals surface area contributed by atoms with E-state index in [0.717, 1.165) is 0 Å². The van der Waals surface area contributed by atoms with Gasteiger partial charge in [-0.25, -0.2) is 0 Å². The molecule has 0 saturated carbocycles. The molecule has 0 bridgehead atoms. The zero-order valence-electron chi connectivity index (χ0n) is 21.6. The number of allylic oxidation sites excluding steroid dienone is 4. The summed E-state index contributed by atoms with van der Waals surface area (Å²) >= 11 is -2.25. The van der Waals surface area contributed by atoms with Gasteiger partial charge in [0.05, 0.1) is 0 Å². The van der Waals surface area contributed by atoms with Crippen LogP contribution in [0, 0.1) is 6.92 Å². The van der Waals surface area contributed by atoms with E-state index in [-0.39, 0.29) is 5.04 Å². The van der Waals surface area contributed by atoms with E-state index in [9.17, 15) is 0 Å². The van der Waals surface area contributed by atoms with Gasteiger partial charge in [0.2, 0.25) is 0 Å². The summed E-state index contributed by atoms with van der Waals surface area (Å²) in [4.78, 5) is 0. The van der Waals surface area contributed by atoms with Crippen LogP contribution in [-0.2, 0) is 16.6 Å². The molecule has 1 atom stereocenters. The van der Waals surface area contributed by atoms with Crippen molar-refractivity contribution in [3.63, 3.8) is 0 Å².